The Kier molecular flexibility index (Phi) is 4.59. The lowest BCUT2D eigenvalue weighted by Gasteiger charge is -2.39. The van der Waals surface area contributed by atoms with Crippen molar-refractivity contribution in [3.8, 4) is 11.1 Å². The molecule has 0 unspecified atom stereocenters. The summed E-state index contributed by atoms with van der Waals surface area (Å²) in [6, 6.07) is 5.56. The number of H-pyrrole nitrogens is 1. The first-order chi connectivity index (χ1) is 12.9. The van der Waals surface area contributed by atoms with Crippen molar-refractivity contribution in [3.05, 3.63) is 45.8 Å². The van der Waals surface area contributed by atoms with Crippen LogP contribution in [0.2, 0.25) is 0 Å². The number of aromatic amines is 1. The highest BCUT2D eigenvalue weighted by Crippen LogP contribution is 2.49. The number of fused-ring (bicyclic) bond motifs is 1. The quantitative estimate of drug-likeness (QED) is 0.481. The number of aromatic nitrogens is 1. The molecule has 0 saturated carbocycles. The van der Waals surface area contributed by atoms with Crippen LogP contribution in [0, 0.1) is 0 Å². The number of nitrogens with one attached hydrogen (secondary N) is 1. The number of thiophene rings is 1. The zero-order valence-corrected chi connectivity index (χ0v) is 16.1. The maximum atomic E-state index is 12.0. The number of hydrogen-bond donors (Lipinski definition) is 4. The molecule has 1 aromatic carbocycles. The standard InChI is InChI=1S/C19H20N2O4S2/c20-19(23)16-7-12(13-5-14(9-22)26-10-13)6-15-17(8-21-18(15)16)11-1-3-27(24,25)4-2-11/h5-11,21,24-25H,1-4H2,(H2,20,23). The minimum atomic E-state index is -2.45. The van der Waals surface area contributed by atoms with E-state index >= 15 is 0 Å². The molecule has 142 valence electrons. The molecule has 1 aliphatic heterocycles. The van der Waals surface area contributed by atoms with E-state index in [1.165, 1.54) is 11.3 Å². The molecule has 0 bridgehead atoms. The fraction of sp³-hybridized carbons (Fsp3) is 0.263. The van der Waals surface area contributed by atoms with Gasteiger partial charge in [0.25, 0.3) is 5.91 Å². The Balaban J connectivity index is 1.82. The molecule has 1 amide bonds. The number of carbonyl (C=O) groups is 2. The average Bonchev–Trinajstić information content (AvgIpc) is 3.27. The van der Waals surface area contributed by atoms with Crippen molar-refractivity contribution in [1.29, 1.82) is 0 Å². The normalized spacial score (nSPS) is 18.4. The number of primary amides is 1. The van der Waals surface area contributed by atoms with E-state index in [-0.39, 0.29) is 5.92 Å². The minimum absolute atomic E-state index is 0.197. The van der Waals surface area contributed by atoms with E-state index in [1.54, 1.807) is 12.1 Å². The van der Waals surface area contributed by atoms with Crippen LogP contribution < -0.4 is 5.73 Å². The molecular formula is C19H20N2O4S2. The third kappa shape index (κ3) is 3.41. The monoisotopic (exact) mass is 404 g/mol. The fourth-order valence-electron chi connectivity index (χ4n) is 3.74. The van der Waals surface area contributed by atoms with Gasteiger partial charge in [0.05, 0.1) is 16.0 Å². The van der Waals surface area contributed by atoms with Crippen molar-refractivity contribution in [3.63, 3.8) is 0 Å². The molecule has 3 heterocycles. The Hall–Kier alpha value is -2.13. The lowest BCUT2D eigenvalue weighted by atomic mass is 9.91. The summed E-state index contributed by atoms with van der Waals surface area (Å²) in [5.74, 6) is 0.487. The highest BCUT2D eigenvalue weighted by molar-refractivity contribution is 8.24. The molecule has 27 heavy (non-hydrogen) atoms. The van der Waals surface area contributed by atoms with Crippen LogP contribution in [0.5, 0.6) is 0 Å². The van der Waals surface area contributed by atoms with Crippen LogP contribution in [0.25, 0.3) is 22.0 Å². The largest absolute Gasteiger partial charge is 0.366 e. The lowest BCUT2D eigenvalue weighted by molar-refractivity contribution is 0.100. The topological polar surface area (TPSA) is 116 Å². The van der Waals surface area contributed by atoms with Crippen LogP contribution in [-0.2, 0) is 0 Å². The van der Waals surface area contributed by atoms with Gasteiger partial charge in [-0.2, -0.15) is 10.6 Å². The number of benzene rings is 1. The summed E-state index contributed by atoms with van der Waals surface area (Å²) in [4.78, 5) is 26.8. The molecule has 3 aromatic rings. The van der Waals surface area contributed by atoms with Gasteiger partial charge in [0.2, 0.25) is 0 Å². The van der Waals surface area contributed by atoms with Gasteiger partial charge < -0.3 is 10.7 Å². The highest BCUT2D eigenvalue weighted by atomic mass is 32.3. The number of carbonyl (C=O) groups excluding carboxylic acids is 2. The molecule has 0 aliphatic carbocycles. The molecular weight excluding hydrogens is 384 g/mol. The number of rotatable bonds is 4. The van der Waals surface area contributed by atoms with E-state index in [0.717, 1.165) is 28.4 Å². The first-order valence-corrected chi connectivity index (χ1v) is 11.4. The van der Waals surface area contributed by atoms with Gasteiger partial charge in [0.1, 0.15) is 0 Å². The zero-order valence-electron chi connectivity index (χ0n) is 14.5. The summed E-state index contributed by atoms with van der Waals surface area (Å²) in [6.07, 6.45) is 4.09. The average molecular weight is 405 g/mol. The van der Waals surface area contributed by atoms with E-state index in [4.69, 9.17) is 5.73 Å². The molecule has 8 heteroatoms. The first-order valence-electron chi connectivity index (χ1n) is 8.60. The third-order valence-electron chi connectivity index (χ3n) is 5.18. The van der Waals surface area contributed by atoms with Gasteiger partial charge in [0.15, 0.2) is 6.29 Å². The molecule has 4 rings (SSSR count). The lowest BCUT2D eigenvalue weighted by Crippen LogP contribution is -2.19. The summed E-state index contributed by atoms with van der Waals surface area (Å²) in [5, 5.41) is 2.81. The molecule has 2 aromatic heterocycles. The van der Waals surface area contributed by atoms with Crippen LogP contribution in [-0.4, -0.2) is 37.8 Å². The molecule has 1 aliphatic rings. The Bertz CT molecular complexity index is 1030. The molecule has 6 nitrogen and oxygen atoms in total. The third-order valence-corrected chi connectivity index (χ3v) is 7.82. The van der Waals surface area contributed by atoms with E-state index in [9.17, 15) is 18.7 Å². The Labute approximate surface area is 161 Å². The smallest absolute Gasteiger partial charge is 0.250 e. The van der Waals surface area contributed by atoms with Crippen molar-refractivity contribution in [2.24, 2.45) is 5.73 Å². The Morgan fingerprint density at radius 2 is 1.96 bits per heavy atom. The molecule has 0 atom stereocenters. The molecule has 0 radical (unpaired) electrons. The molecule has 1 fully saturated rings. The van der Waals surface area contributed by atoms with Gasteiger partial charge in [-0.3, -0.25) is 18.7 Å². The maximum Gasteiger partial charge on any atom is 0.250 e. The molecule has 0 spiro atoms. The van der Waals surface area contributed by atoms with Gasteiger partial charge in [0, 0.05) is 23.1 Å². The van der Waals surface area contributed by atoms with Gasteiger partial charge in [-0.25, -0.2) is 0 Å². The number of hydrogen-bond acceptors (Lipinski definition) is 5. The van der Waals surface area contributed by atoms with Gasteiger partial charge in [-0.15, -0.1) is 11.3 Å². The summed E-state index contributed by atoms with van der Waals surface area (Å²) >= 11 is 1.35. The van der Waals surface area contributed by atoms with Gasteiger partial charge in [-0.1, -0.05) is 0 Å². The summed E-state index contributed by atoms with van der Waals surface area (Å²) < 4.78 is 19.8. The molecule has 1 saturated heterocycles. The van der Waals surface area contributed by atoms with Crippen molar-refractivity contribution >= 4 is 45.0 Å². The van der Waals surface area contributed by atoms with Crippen LogP contribution in [0.3, 0.4) is 0 Å². The summed E-state index contributed by atoms with van der Waals surface area (Å²) in [7, 11) is -2.45. The van der Waals surface area contributed by atoms with E-state index in [0.29, 0.717) is 40.3 Å². The van der Waals surface area contributed by atoms with Crippen molar-refractivity contribution in [2.75, 3.05) is 11.5 Å². The van der Waals surface area contributed by atoms with Gasteiger partial charge >= 0.3 is 0 Å². The van der Waals surface area contributed by atoms with Crippen LogP contribution >= 0.6 is 21.9 Å². The fourth-order valence-corrected chi connectivity index (χ4v) is 5.98. The second kappa shape index (κ2) is 6.79. The molecule has 5 N–H and O–H groups in total. The second-order valence-electron chi connectivity index (χ2n) is 6.89. The Morgan fingerprint density at radius 3 is 2.59 bits per heavy atom. The second-order valence-corrected chi connectivity index (χ2v) is 10.3. The SMILES string of the molecule is NC(=O)c1cc(-c2csc(C=O)c2)cc2c(C3CCS(O)(O)CC3)c[nH]c12. The summed E-state index contributed by atoms with van der Waals surface area (Å²) in [5.41, 5.74) is 9.49. The number of aldehydes is 1. The van der Waals surface area contributed by atoms with E-state index in [2.05, 4.69) is 4.98 Å². The number of amides is 1. The first kappa shape index (κ1) is 18.2. The summed E-state index contributed by atoms with van der Waals surface area (Å²) in [6.45, 7) is 0. The van der Waals surface area contributed by atoms with Gasteiger partial charge in [-0.05, 0) is 59.0 Å². The maximum absolute atomic E-state index is 12.0. The predicted octanol–water partition coefficient (Wildman–Crippen LogP) is 4.44. The van der Waals surface area contributed by atoms with Crippen LogP contribution in [0.15, 0.2) is 29.8 Å². The van der Waals surface area contributed by atoms with Crippen LogP contribution in [0.1, 0.15) is 44.4 Å². The predicted molar refractivity (Wildman–Crippen MR) is 110 cm³/mol. The van der Waals surface area contributed by atoms with E-state index in [1.807, 2.05) is 17.6 Å². The van der Waals surface area contributed by atoms with Crippen molar-refractivity contribution in [2.45, 2.75) is 18.8 Å². The Morgan fingerprint density at radius 1 is 1.22 bits per heavy atom. The van der Waals surface area contributed by atoms with Crippen molar-refractivity contribution < 1.29 is 18.7 Å². The van der Waals surface area contributed by atoms with E-state index < -0.39 is 16.5 Å². The van der Waals surface area contributed by atoms with Crippen LogP contribution in [0.4, 0.5) is 0 Å². The number of nitrogens with two attached hydrogens (primary N) is 1. The van der Waals surface area contributed by atoms with Crippen molar-refractivity contribution in [1.82, 2.24) is 4.98 Å². The minimum Gasteiger partial charge on any atom is -0.366 e. The zero-order chi connectivity index (χ0) is 19.2. The highest BCUT2D eigenvalue weighted by Gasteiger charge is 2.27.